The van der Waals surface area contributed by atoms with E-state index in [-0.39, 0.29) is 6.61 Å². The molecule has 1 N–H and O–H groups in total. The van der Waals surface area contributed by atoms with Gasteiger partial charge in [0, 0.05) is 7.05 Å². The van der Waals surface area contributed by atoms with Gasteiger partial charge in [-0.05, 0) is 17.7 Å². The Kier molecular flexibility index (Phi) is 3.84. The fourth-order valence-electron chi connectivity index (χ4n) is 1.60. The fourth-order valence-corrected chi connectivity index (χ4v) is 1.60. The van der Waals surface area contributed by atoms with Crippen molar-refractivity contribution in [1.82, 2.24) is 9.55 Å². The summed E-state index contributed by atoms with van der Waals surface area (Å²) in [4.78, 5) is 4.02. The first-order valence-corrected chi connectivity index (χ1v) is 5.60. The first kappa shape index (κ1) is 12.4. The maximum atomic E-state index is 9.06. The molecule has 0 radical (unpaired) electrons. The highest BCUT2D eigenvalue weighted by molar-refractivity contribution is 5.42. The van der Waals surface area contributed by atoms with Gasteiger partial charge >= 0.3 is 0 Å². The molecular weight excluding hydrogens is 232 g/mol. The third kappa shape index (κ3) is 2.62. The number of ether oxygens (including phenoxy) is 2. The Hall–Kier alpha value is -2.01. The van der Waals surface area contributed by atoms with Crippen LogP contribution in [0, 0.1) is 0 Å². The molecule has 1 aromatic carbocycles. The predicted octanol–water partition coefficient (Wildman–Crippen LogP) is 1.50. The summed E-state index contributed by atoms with van der Waals surface area (Å²) in [5.41, 5.74) is 1.77. The van der Waals surface area contributed by atoms with Crippen molar-refractivity contribution in [3.63, 3.8) is 0 Å². The van der Waals surface area contributed by atoms with Crippen LogP contribution in [0.25, 0.3) is 0 Å². The molecule has 1 heterocycles. The molecule has 2 aromatic rings. The molecule has 2 rings (SSSR count). The van der Waals surface area contributed by atoms with Gasteiger partial charge in [-0.3, -0.25) is 0 Å². The number of nitrogens with zero attached hydrogens (tertiary/aromatic N) is 2. The number of hydrogen-bond donors (Lipinski definition) is 1. The third-order valence-electron chi connectivity index (χ3n) is 2.70. The number of rotatable bonds is 5. The highest BCUT2D eigenvalue weighted by Crippen LogP contribution is 2.28. The Morgan fingerprint density at radius 2 is 2.17 bits per heavy atom. The quantitative estimate of drug-likeness (QED) is 0.871. The van der Waals surface area contributed by atoms with Gasteiger partial charge in [0.2, 0.25) is 0 Å². The zero-order valence-corrected chi connectivity index (χ0v) is 10.5. The van der Waals surface area contributed by atoms with E-state index in [0.29, 0.717) is 18.1 Å². The molecule has 0 unspecified atom stereocenters. The lowest BCUT2D eigenvalue weighted by Gasteiger charge is -2.11. The second-order valence-electron chi connectivity index (χ2n) is 3.93. The Bertz CT molecular complexity index is 523. The minimum atomic E-state index is -0.0155. The van der Waals surface area contributed by atoms with E-state index in [1.54, 1.807) is 37.8 Å². The van der Waals surface area contributed by atoms with Crippen LogP contribution in [0.2, 0.25) is 0 Å². The third-order valence-corrected chi connectivity index (χ3v) is 2.70. The van der Waals surface area contributed by atoms with Gasteiger partial charge < -0.3 is 19.1 Å². The van der Waals surface area contributed by atoms with Gasteiger partial charge in [0.15, 0.2) is 11.5 Å². The van der Waals surface area contributed by atoms with Crippen molar-refractivity contribution < 1.29 is 14.6 Å². The van der Waals surface area contributed by atoms with Gasteiger partial charge in [0.1, 0.15) is 6.61 Å². The zero-order chi connectivity index (χ0) is 13.0. The second kappa shape index (κ2) is 5.55. The van der Waals surface area contributed by atoms with Crippen molar-refractivity contribution in [2.75, 3.05) is 7.11 Å². The van der Waals surface area contributed by atoms with Crippen LogP contribution in [0.4, 0.5) is 0 Å². The summed E-state index contributed by atoms with van der Waals surface area (Å²) in [7, 11) is 3.49. The molecule has 18 heavy (non-hydrogen) atoms. The average Bonchev–Trinajstić information content (AvgIpc) is 2.81. The van der Waals surface area contributed by atoms with Crippen LogP contribution in [0.3, 0.4) is 0 Å². The summed E-state index contributed by atoms with van der Waals surface area (Å²) in [5, 5.41) is 9.06. The van der Waals surface area contributed by atoms with Crippen molar-refractivity contribution in [3.8, 4) is 11.5 Å². The van der Waals surface area contributed by atoms with Crippen LogP contribution in [-0.4, -0.2) is 21.8 Å². The number of benzene rings is 1. The lowest BCUT2D eigenvalue weighted by atomic mass is 10.2. The van der Waals surface area contributed by atoms with Crippen LogP contribution in [0.15, 0.2) is 30.7 Å². The van der Waals surface area contributed by atoms with Crippen LogP contribution in [-0.2, 0) is 20.3 Å². The number of methoxy groups -OCH3 is 1. The predicted molar refractivity (Wildman–Crippen MR) is 66.5 cm³/mol. The molecular formula is C13H16N2O3. The highest BCUT2D eigenvalue weighted by atomic mass is 16.5. The van der Waals surface area contributed by atoms with E-state index >= 15 is 0 Å². The molecule has 1 aromatic heterocycles. The minimum absolute atomic E-state index is 0.0155. The number of hydrogen-bond acceptors (Lipinski definition) is 4. The van der Waals surface area contributed by atoms with Gasteiger partial charge in [-0.15, -0.1) is 0 Å². The highest BCUT2D eigenvalue weighted by Gasteiger charge is 2.07. The lowest BCUT2D eigenvalue weighted by molar-refractivity contribution is 0.271. The summed E-state index contributed by atoms with van der Waals surface area (Å²) in [6.07, 6.45) is 3.49. The molecule has 0 aliphatic rings. The summed E-state index contributed by atoms with van der Waals surface area (Å²) in [6.45, 7) is 0.406. The number of aliphatic hydroxyl groups excluding tert-OH is 1. The van der Waals surface area contributed by atoms with Crippen molar-refractivity contribution in [2.45, 2.75) is 13.2 Å². The molecule has 5 heteroatoms. The van der Waals surface area contributed by atoms with Crippen molar-refractivity contribution in [1.29, 1.82) is 0 Å². The molecule has 0 aliphatic carbocycles. The summed E-state index contributed by atoms with van der Waals surface area (Å²) in [5.74, 6) is 1.26. The van der Waals surface area contributed by atoms with E-state index in [1.807, 2.05) is 11.6 Å². The Balaban J connectivity index is 2.11. The summed E-state index contributed by atoms with van der Waals surface area (Å²) >= 11 is 0. The molecule has 0 saturated carbocycles. The maximum absolute atomic E-state index is 9.06. The largest absolute Gasteiger partial charge is 0.493 e. The normalized spacial score (nSPS) is 10.4. The van der Waals surface area contributed by atoms with Crippen LogP contribution in [0.1, 0.15) is 11.3 Å². The molecule has 0 spiro atoms. The average molecular weight is 248 g/mol. The van der Waals surface area contributed by atoms with Crippen LogP contribution in [0.5, 0.6) is 11.5 Å². The topological polar surface area (TPSA) is 56.5 Å². The lowest BCUT2D eigenvalue weighted by Crippen LogP contribution is -2.02. The standard InChI is InChI=1S/C13H16N2O3/c1-15-9-14-6-11(15)8-18-12-4-3-10(7-16)5-13(12)17-2/h3-6,9,16H,7-8H2,1-2H3. The molecule has 0 bridgehead atoms. The first-order valence-electron chi connectivity index (χ1n) is 5.60. The van der Waals surface area contributed by atoms with E-state index in [1.165, 1.54) is 0 Å². The molecule has 0 amide bonds. The number of aryl methyl sites for hydroxylation is 1. The summed E-state index contributed by atoms with van der Waals surface area (Å²) < 4.78 is 12.8. The Labute approximate surface area is 106 Å². The second-order valence-corrected chi connectivity index (χ2v) is 3.93. The number of aromatic nitrogens is 2. The van der Waals surface area contributed by atoms with E-state index in [0.717, 1.165) is 11.3 Å². The van der Waals surface area contributed by atoms with E-state index < -0.39 is 0 Å². The minimum Gasteiger partial charge on any atom is -0.493 e. The molecule has 0 aliphatic heterocycles. The molecule has 96 valence electrons. The smallest absolute Gasteiger partial charge is 0.161 e. The van der Waals surface area contributed by atoms with Crippen molar-refractivity contribution >= 4 is 0 Å². The zero-order valence-electron chi connectivity index (χ0n) is 10.5. The van der Waals surface area contributed by atoms with Gasteiger partial charge in [-0.25, -0.2) is 4.98 Å². The number of aliphatic hydroxyl groups is 1. The first-order chi connectivity index (χ1) is 8.74. The van der Waals surface area contributed by atoms with Gasteiger partial charge in [-0.2, -0.15) is 0 Å². The van der Waals surface area contributed by atoms with Gasteiger partial charge in [0.05, 0.1) is 31.9 Å². The molecule has 5 nitrogen and oxygen atoms in total. The molecule has 0 saturated heterocycles. The Morgan fingerprint density at radius 3 is 2.78 bits per heavy atom. The molecule has 0 fully saturated rings. The monoisotopic (exact) mass is 248 g/mol. The Morgan fingerprint density at radius 1 is 1.33 bits per heavy atom. The van der Waals surface area contributed by atoms with Gasteiger partial charge in [0.25, 0.3) is 0 Å². The van der Waals surface area contributed by atoms with Crippen LogP contribution >= 0.6 is 0 Å². The van der Waals surface area contributed by atoms with Crippen LogP contribution < -0.4 is 9.47 Å². The van der Waals surface area contributed by atoms with E-state index in [2.05, 4.69) is 4.98 Å². The van der Waals surface area contributed by atoms with E-state index in [9.17, 15) is 0 Å². The van der Waals surface area contributed by atoms with Crippen molar-refractivity contribution in [2.24, 2.45) is 7.05 Å². The maximum Gasteiger partial charge on any atom is 0.161 e. The summed E-state index contributed by atoms with van der Waals surface area (Å²) in [6, 6.07) is 5.36. The van der Waals surface area contributed by atoms with Gasteiger partial charge in [-0.1, -0.05) is 6.07 Å². The van der Waals surface area contributed by atoms with Crippen molar-refractivity contribution in [3.05, 3.63) is 42.0 Å². The number of imidazole rings is 1. The van der Waals surface area contributed by atoms with E-state index in [4.69, 9.17) is 14.6 Å². The fraction of sp³-hybridized carbons (Fsp3) is 0.308. The molecule has 0 atom stereocenters. The SMILES string of the molecule is COc1cc(CO)ccc1OCc1cncn1C.